The van der Waals surface area contributed by atoms with Gasteiger partial charge in [0.1, 0.15) is 16.8 Å². The van der Waals surface area contributed by atoms with E-state index in [9.17, 15) is 4.79 Å². The van der Waals surface area contributed by atoms with E-state index in [1.165, 1.54) is 11.3 Å². The molecule has 86 valence electrons. The molecule has 2 aromatic rings. The number of aromatic amines is 1. The summed E-state index contributed by atoms with van der Waals surface area (Å²) >= 11 is 1.35. The summed E-state index contributed by atoms with van der Waals surface area (Å²) in [7, 11) is 0. The first-order valence-electron chi connectivity index (χ1n) is 5.25. The lowest BCUT2D eigenvalue weighted by atomic mass is 10.2. The molecule has 0 amide bonds. The summed E-state index contributed by atoms with van der Waals surface area (Å²) in [5.74, 6) is 0.669. The lowest BCUT2D eigenvalue weighted by Gasteiger charge is -2.03. The molecule has 0 atom stereocenters. The van der Waals surface area contributed by atoms with Crippen LogP contribution in [0.1, 0.15) is 23.2 Å². The Morgan fingerprint density at radius 1 is 1.53 bits per heavy atom. The molecule has 0 aliphatic heterocycles. The molecule has 2 rings (SSSR count). The highest BCUT2D eigenvalue weighted by molar-refractivity contribution is 7.16. The van der Waals surface area contributed by atoms with Crippen LogP contribution in [0.2, 0.25) is 0 Å². The van der Waals surface area contributed by atoms with Crippen molar-refractivity contribution in [3.8, 4) is 16.6 Å². The van der Waals surface area contributed by atoms with Crippen molar-refractivity contribution < 1.29 is 0 Å². The van der Waals surface area contributed by atoms with Crippen LogP contribution in [0.4, 0.5) is 0 Å². The molecule has 0 aromatic carbocycles. The van der Waals surface area contributed by atoms with E-state index in [-0.39, 0.29) is 5.56 Å². The van der Waals surface area contributed by atoms with Crippen LogP contribution in [0.25, 0.3) is 10.6 Å². The normalized spacial score (nSPS) is 10.2. The third-order valence-electron chi connectivity index (χ3n) is 2.48. The largest absolute Gasteiger partial charge is 0.310 e. The van der Waals surface area contributed by atoms with E-state index in [1.807, 2.05) is 13.0 Å². The summed E-state index contributed by atoms with van der Waals surface area (Å²) in [6.07, 6.45) is 0.680. The van der Waals surface area contributed by atoms with Gasteiger partial charge < -0.3 is 4.98 Å². The third-order valence-corrected chi connectivity index (χ3v) is 3.48. The monoisotopic (exact) mass is 245 g/mol. The van der Waals surface area contributed by atoms with Gasteiger partial charge in [-0.2, -0.15) is 5.26 Å². The molecule has 4 nitrogen and oxygen atoms in total. The maximum Gasteiger partial charge on any atom is 0.254 e. The molecule has 0 aliphatic carbocycles. The molecule has 17 heavy (non-hydrogen) atoms. The number of nitrogens with one attached hydrogen (secondary N) is 1. The Balaban J connectivity index is 2.62. The zero-order valence-electron chi connectivity index (χ0n) is 9.57. The highest BCUT2D eigenvalue weighted by atomic mass is 32.1. The van der Waals surface area contributed by atoms with Gasteiger partial charge in [0, 0.05) is 12.0 Å². The molecule has 0 fully saturated rings. The first-order chi connectivity index (χ1) is 8.15. The second-order valence-corrected chi connectivity index (χ2v) is 4.70. The Kier molecular flexibility index (Phi) is 3.07. The standard InChI is InChI=1S/C12H11N3OS/c1-3-10-14-11(7(2)12(16)15-10)9-5-4-8(6-13)17-9/h4-5H,3H2,1-2H3,(H,14,15,16). The molecular weight excluding hydrogens is 234 g/mol. The summed E-state index contributed by atoms with van der Waals surface area (Å²) in [6.45, 7) is 3.68. The van der Waals surface area contributed by atoms with Crippen LogP contribution in [-0.4, -0.2) is 9.97 Å². The molecule has 0 radical (unpaired) electrons. The maximum atomic E-state index is 11.7. The molecule has 1 N–H and O–H groups in total. The van der Waals surface area contributed by atoms with Gasteiger partial charge in [-0.25, -0.2) is 4.98 Å². The van der Waals surface area contributed by atoms with Gasteiger partial charge in [0.05, 0.1) is 10.6 Å². The van der Waals surface area contributed by atoms with Crippen LogP contribution in [0.5, 0.6) is 0 Å². The molecule has 0 spiro atoms. The number of aromatic nitrogens is 2. The number of H-pyrrole nitrogens is 1. The highest BCUT2D eigenvalue weighted by Gasteiger charge is 2.11. The van der Waals surface area contributed by atoms with Crippen molar-refractivity contribution in [3.05, 3.63) is 38.8 Å². The van der Waals surface area contributed by atoms with Crippen molar-refractivity contribution in [1.29, 1.82) is 5.26 Å². The van der Waals surface area contributed by atoms with Gasteiger partial charge in [0.2, 0.25) is 0 Å². The van der Waals surface area contributed by atoms with Gasteiger partial charge in [0.25, 0.3) is 5.56 Å². The van der Waals surface area contributed by atoms with Gasteiger partial charge in [0.15, 0.2) is 0 Å². The molecule has 0 saturated carbocycles. The van der Waals surface area contributed by atoms with Crippen LogP contribution in [0.15, 0.2) is 16.9 Å². The van der Waals surface area contributed by atoms with E-state index >= 15 is 0 Å². The molecule has 0 unspecified atom stereocenters. The number of nitriles is 1. The van der Waals surface area contributed by atoms with Crippen LogP contribution >= 0.6 is 11.3 Å². The van der Waals surface area contributed by atoms with Gasteiger partial charge in [-0.3, -0.25) is 4.79 Å². The van der Waals surface area contributed by atoms with Crippen LogP contribution < -0.4 is 5.56 Å². The van der Waals surface area contributed by atoms with Crippen molar-refractivity contribution >= 4 is 11.3 Å². The van der Waals surface area contributed by atoms with Crippen molar-refractivity contribution in [2.24, 2.45) is 0 Å². The average Bonchev–Trinajstić information content (AvgIpc) is 2.81. The lowest BCUT2D eigenvalue weighted by Crippen LogP contribution is -2.15. The Hall–Kier alpha value is -1.93. The van der Waals surface area contributed by atoms with E-state index < -0.39 is 0 Å². The van der Waals surface area contributed by atoms with Gasteiger partial charge in [-0.1, -0.05) is 6.92 Å². The number of thiophene rings is 1. The molecular formula is C12H11N3OS. The average molecular weight is 245 g/mol. The second kappa shape index (κ2) is 4.52. The molecule has 2 heterocycles. The number of aryl methyl sites for hydroxylation is 1. The quantitative estimate of drug-likeness (QED) is 0.882. The van der Waals surface area contributed by atoms with Crippen molar-refractivity contribution in [2.75, 3.05) is 0 Å². The third kappa shape index (κ3) is 2.12. The Bertz CT molecular complexity index is 649. The van der Waals surface area contributed by atoms with Gasteiger partial charge >= 0.3 is 0 Å². The first-order valence-corrected chi connectivity index (χ1v) is 6.07. The Morgan fingerprint density at radius 2 is 2.29 bits per heavy atom. The summed E-state index contributed by atoms with van der Waals surface area (Å²) < 4.78 is 0. The predicted octanol–water partition coefficient (Wildman–Crippen LogP) is 2.24. The zero-order valence-corrected chi connectivity index (χ0v) is 10.4. The van der Waals surface area contributed by atoms with Gasteiger partial charge in [-0.15, -0.1) is 11.3 Å². The Labute approximate surface area is 103 Å². The van der Waals surface area contributed by atoms with Gasteiger partial charge in [-0.05, 0) is 19.1 Å². The number of hydrogen-bond acceptors (Lipinski definition) is 4. The fourth-order valence-corrected chi connectivity index (χ4v) is 2.36. The SMILES string of the molecule is CCc1nc(-c2ccc(C#N)s2)c(C)c(=O)[nH]1. The summed E-state index contributed by atoms with van der Waals surface area (Å²) in [5.41, 5.74) is 1.16. The fraction of sp³-hybridized carbons (Fsp3) is 0.250. The lowest BCUT2D eigenvalue weighted by molar-refractivity contribution is 0.913. The van der Waals surface area contributed by atoms with E-state index in [0.29, 0.717) is 28.4 Å². The predicted molar refractivity (Wildman–Crippen MR) is 67.0 cm³/mol. The minimum atomic E-state index is -0.112. The summed E-state index contributed by atoms with van der Waals surface area (Å²) in [4.78, 5) is 20.3. The van der Waals surface area contributed by atoms with E-state index in [0.717, 1.165) is 4.88 Å². The summed E-state index contributed by atoms with van der Waals surface area (Å²) in [5, 5.41) is 8.79. The second-order valence-electron chi connectivity index (χ2n) is 3.62. The Morgan fingerprint density at radius 3 is 2.88 bits per heavy atom. The molecule has 0 aliphatic rings. The van der Waals surface area contributed by atoms with Crippen LogP contribution in [0.3, 0.4) is 0 Å². The number of nitrogens with zero attached hydrogens (tertiary/aromatic N) is 2. The van der Waals surface area contributed by atoms with Crippen molar-refractivity contribution in [3.63, 3.8) is 0 Å². The molecule has 0 saturated heterocycles. The highest BCUT2D eigenvalue weighted by Crippen LogP contribution is 2.27. The minimum Gasteiger partial charge on any atom is -0.310 e. The molecule has 0 bridgehead atoms. The van der Waals surface area contributed by atoms with E-state index in [2.05, 4.69) is 16.0 Å². The van der Waals surface area contributed by atoms with E-state index in [1.54, 1.807) is 13.0 Å². The molecule has 5 heteroatoms. The smallest absolute Gasteiger partial charge is 0.254 e. The van der Waals surface area contributed by atoms with Crippen molar-refractivity contribution in [2.45, 2.75) is 20.3 Å². The van der Waals surface area contributed by atoms with E-state index in [4.69, 9.17) is 5.26 Å². The minimum absolute atomic E-state index is 0.112. The van der Waals surface area contributed by atoms with Crippen LogP contribution in [0, 0.1) is 18.3 Å². The topological polar surface area (TPSA) is 69.5 Å². The maximum absolute atomic E-state index is 11.7. The zero-order chi connectivity index (χ0) is 12.4. The van der Waals surface area contributed by atoms with Crippen LogP contribution in [-0.2, 0) is 6.42 Å². The fourth-order valence-electron chi connectivity index (χ4n) is 1.51. The number of hydrogen-bond donors (Lipinski definition) is 1. The van der Waals surface area contributed by atoms with Crippen molar-refractivity contribution in [1.82, 2.24) is 9.97 Å². The molecule has 2 aromatic heterocycles. The number of rotatable bonds is 2. The summed E-state index contributed by atoms with van der Waals surface area (Å²) in [6, 6.07) is 5.66. The first kappa shape index (κ1) is 11.6.